The Balaban J connectivity index is 1.66. The lowest BCUT2D eigenvalue weighted by Gasteiger charge is -2.15. The molecule has 1 aromatic carbocycles. The van der Waals surface area contributed by atoms with Crippen LogP contribution in [0.2, 0.25) is 0 Å². The quantitative estimate of drug-likeness (QED) is 0.907. The molecular formula is C15H18FN3O. The molecule has 1 saturated carbocycles. The fourth-order valence-corrected chi connectivity index (χ4v) is 2.31. The third kappa shape index (κ3) is 2.53. The Morgan fingerprint density at radius 3 is 2.55 bits per heavy atom. The van der Waals surface area contributed by atoms with Gasteiger partial charge in [0.05, 0.1) is 0 Å². The zero-order valence-electron chi connectivity index (χ0n) is 11.7. The van der Waals surface area contributed by atoms with Gasteiger partial charge in [-0.1, -0.05) is 31.1 Å². The van der Waals surface area contributed by atoms with E-state index in [9.17, 15) is 4.39 Å². The van der Waals surface area contributed by atoms with Crippen LogP contribution in [0.3, 0.4) is 0 Å². The molecule has 3 rings (SSSR count). The van der Waals surface area contributed by atoms with Crippen molar-refractivity contribution in [3.8, 4) is 0 Å². The molecule has 1 aromatic heterocycles. The van der Waals surface area contributed by atoms with Gasteiger partial charge < -0.3 is 9.84 Å². The molecule has 1 heterocycles. The average molecular weight is 275 g/mol. The third-order valence-electron chi connectivity index (χ3n) is 3.85. The van der Waals surface area contributed by atoms with Crippen molar-refractivity contribution in [2.45, 2.75) is 38.0 Å². The molecule has 0 aliphatic heterocycles. The van der Waals surface area contributed by atoms with Crippen LogP contribution in [0, 0.1) is 5.82 Å². The Morgan fingerprint density at radius 1 is 1.30 bits per heavy atom. The molecule has 106 valence electrons. The molecule has 5 heteroatoms. The molecule has 1 N–H and O–H groups in total. The summed E-state index contributed by atoms with van der Waals surface area (Å²) >= 11 is 0. The van der Waals surface area contributed by atoms with Crippen LogP contribution in [0.25, 0.3) is 0 Å². The minimum atomic E-state index is -0.198. The van der Waals surface area contributed by atoms with E-state index < -0.39 is 0 Å². The van der Waals surface area contributed by atoms with Gasteiger partial charge in [-0.15, -0.1) is 0 Å². The Morgan fingerprint density at radius 2 is 2.00 bits per heavy atom. The largest absolute Gasteiger partial charge is 0.337 e. The minimum absolute atomic E-state index is 0.0835. The van der Waals surface area contributed by atoms with Crippen LogP contribution in [-0.2, 0) is 5.41 Å². The van der Waals surface area contributed by atoms with Crippen molar-refractivity contribution >= 4 is 6.01 Å². The van der Waals surface area contributed by atoms with Crippen LogP contribution in [0.4, 0.5) is 10.4 Å². The van der Waals surface area contributed by atoms with Gasteiger partial charge in [-0.05, 0) is 30.5 Å². The van der Waals surface area contributed by atoms with Gasteiger partial charge in [0.2, 0.25) is 0 Å². The van der Waals surface area contributed by atoms with Crippen LogP contribution < -0.4 is 5.32 Å². The Bertz CT molecular complexity index is 587. The van der Waals surface area contributed by atoms with Gasteiger partial charge in [0.25, 0.3) is 0 Å². The molecule has 2 aromatic rings. The molecular weight excluding hydrogens is 257 g/mol. The third-order valence-corrected chi connectivity index (χ3v) is 3.85. The van der Waals surface area contributed by atoms with Gasteiger partial charge in [-0.25, -0.2) is 4.39 Å². The van der Waals surface area contributed by atoms with Crippen molar-refractivity contribution in [3.63, 3.8) is 0 Å². The van der Waals surface area contributed by atoms with Crippen molar-refractivity contribution in [2.24, 2.45) is 0 Å². The lowest BCUT2D eigenvalue weighted by atomic mass is 9.96. The molecule has 1 aliphatic carbocycles. The predicted octanol–water partition coefficient (Wildman–Crippen LogP) is 3.48. The number of hydrogen-bond donors (Lipinski definition) is 1. The van der Waals surface area contributed by atoms with Crippen molar-refractivity contribution in [3.05, 3.63) is 41.5 Å². The van der Waals surface area contributed by atoms with Gasteiger partial charge in [0.15, 0.2) is 5.82 Å². The summed E-state index contributed by atoms with van der Waals surface area (Å²) in [7, 11) is 0. The fraction of sp³-hybridized carbons (Fsp3) is 0.467. The van der Waals surface area contributed by atoms with E-state index in [2.05, 4.69) is 15.5 Å². The van der Waals surface area contributed by atoms with E-state index in [1.165, 1.54) is 12.1 Å². The average Bonchev–Trinajstić information content (AvgIpc) is 3.07. The summed E-state index contributed by atoms with van der Waals surface area (Å²) in [5.74, 6) is 0.761. The summed E-state index contributed by atoms with van der Waals surface area (Å²) in [6.45, 7) is 4.78. The molecule has 1 aliphatic rings. The van der Waals surface area contributed by atoms with Crippen LogP contribution >= 0.6 is 0 Å². The highest BCUT2D eigenvalue weighted by Crippen LogP contribution is 2.48. The zero-order chi connectivity index (χ0) is 14.2. The zero-order valence-corrected chi connectivity index (χ0v) is 11.7. The minimum Gasteiger partial charge on any atom is -0.337 e. The van der Waals surface area contributed by atoms with Crippen LogP contribution in [0.1, 0.15) is 44.0 Å². The molecule has 0 spiro atoms. The first kappa shape index (κ1) is 13.1. The van der Waals surface area contributed by atoms with Crippen molar-refractivity contribution in [2.75, 3.05) is 11.9 Å². The fourth-order valence-electron chi connectivity index (χ4n) is 2.31. The lowest BCUT2D eigenvalue weighted by Crippen LogP contribution is -2.19. The topological polar surface area (TPSA) is 51.0 Å². The second kappa shape index (κ2) is 4.89. The number of anilines is 1. The van der Waals surface area contributed by atoms with Crippen LogP contribution in [0.15, 0.2) is 28.8 Å². The standard InChI is InChI=1S/C15H18FN3O/c1-10(2)13-18-14(20-19-13)17-9-15(7-8-15)11-3-5-12(16)6-4-11/h3-6,10H,7-9H2,1-2H3,(H,17,18,19). The molecule has 0 saturated heterocycles. The summed E-state index contributed by atoms with van der Waals surface area (Å²) in [5.41, 5.74) is 1.25. The number of hydrogen-bond acceptors (Lipinski definition) is 4. The normalized spacial score (nSPS) is 16.4. The lowest BCUT2D eigenvalue weighted by molar-refractivity contribution is 0.417. The summed E-state index contributed by atoms with van der Waals surface area (Å²) in [5, 5.41) is 7.12. The van der Waals surface area contributed by atoms with Gasteiger partial charge in [0.1, 0.15) is 5.82 Å². The summed E-state index contributed by atoms with van der Waals surface area (Å²) in [4.78, 5) is 4.30. The first-order chi connectivity index (χ1) is 9.59. The van der Waals surface area contributed by atoms with E-state index in [1.54, 1.807) is 0 Å². The summed E-state index contributed by atoms with van der Waals surface area (Å²) < 4.78 is 18.1. The van der Waals surface area contributed by atoms with E-state index in [0.29, 0.717) is 11.8 Å². The number of nitrogens with one attached hydrogen (secondary N) is 1. The number of aromatic nitrogens is 2. The second-order valence-electron chi connectivity index (χ2n) is 5.75. The van der Waals surface area contributed by atoms with E-state index in [1.807, 2.05) is 26.0 Å². The van der Waals surface area contributed by atoms with E-state index in [-0.39, 0.29) is 17.2 Å². The van der Waals surface area contributed by atoms with Gasteiger partial charge in [-0.3, -0.25) is 0 Å². The summed E-state index contributed by atoms with van der Waals surface area (Å²) in [6, 6.07) is 7.20. The van der Waals surface area contributed by atoms with Crippen molar-refractivity contribution < 1.29 is 8.91 Å². The highest BCUT2D eigenvalue weighted by molar-refractivity contribution is 5.35. The van der Waals surface area contributed by atoms with Crippen molar-refractivity contribution in [1.82, 2.24) is 10.1 Å². The maximum absolute atomic E-state index is 13.0. The number of nitrogens with zero attached hydrogens (tertiary/aromatic N) is 2. The van der Waals surface area contributed by atoms with Crippen LogP contribution in [0.5, 0.6) is 0 Å². The molecule has 1 fully saturated rings. The molecule has 0 unspecified atom stereocenters. The summed E-state index contributed by atoms with van der Waals surface area (Å²) in [6.07, 6.45) is 2.19. The van der Waals surface area contributed by atoms with Crippen molar-refractivity contribution in [1.29, 1.82) is 0 Å². The second-order valence-corrected chi connectivity index (χ2v) is 5.75. The van der Waals surface area contributed by atoms with Crippen LogP contribution in [-0.4, -0.2) is 16.7 Å². The van der Waals surface area contributed by atoms with Gasteiger partial charge in [0, 0.05) is 17.9 Å². The van der Waals surface area contributed by atoms with E-state index in [0.717, 1.165) is 24.9 Å². The Kier molecular flexibility index (Phi) is 3.20. The van der Waals surface area contributed by atoms with Gasteiger partial charge >= 0.3 is 6.01 Å². The smallest absolute Gasteiger partial charge is 0.321 e. The SMILES string of the molecule is CC(C)c1noc(NCC2(c3ccc(F)cc3)CC2)n1. The molecule has 20 heavy (non-hydrogen) atoms. The monoisotopic (exact) mass is 275 g/mol. The Hall–Kier alpha value is -1.91. The van der Waals surface area contributed by atoms with E-state index in [4.69, 9.17) is 4.52 Å². The number of benzene rings is 1. The molecule has 0 atom stereocenters. The molecule has 0 radical (unpaired) electrons. The first-order valence-corrected chi connectivity index (χ1v) is 6.93. The number of rotatable bonds is 5. The number of halogens is 1. The highest BCUT2D eigenvalue weighted by Gasteiger charge is 2.44. The Labute approximate surface area is 117 Å². The molecule has 0 amide bonds. The maximum Gasteiger partial charge on any atom is 0.321 e. The highest BCUT2D eigenvalue weighted by atomic mass is 19.1. The molecule has 4 nitrogen and oxygen atoms in total. The predicted molar refractivity (Wildman–Crippen MR) is 74.2 cm³/mol. The van der Waals surface area contributed by atoms with E-state index >= 15 is 0 Å². The molecule has 0 bridgehead atoms. The maximum atomic E-state index is 13.0. The van der Waals surface area contributed by atoms with Gasteiger partial charge in [-0.2, -0.15) is 4.98 Å². The first-order valence-electron chi connectivity index (χ1n) is 6.93.